The zero-order chi connectivity index (χ0) is 16.3. The average molecular weight is 341 g/mol. The Kier molecular flexibility index (Phi) is 4.97. The molecule has 0 saturated carbocycles. The fraction of sp³-hybridized carbons (Fsp3) is 0.0714. The highest BCUT2D eigenvalue weighted by atomic mass is 35.5. The molecule has 0 fully saturated rings. The van der Waals surface area contributed by atoms with Crippen LogP contribution in [0.2, 0.25) is 5.02 Å². The van der Waals surface area contributed by atoms with Gasteiger partial charge >= 0.3 is 0 Å². The number of aromatic nitrogens is 1. The van der Waals surface area contributed by atoms with Gasteiger partial charge in [0.2, 0.25) is 5.56 Å². The molecule has 0 aliphatic rings. The SMILES string of the molecule is COc1c[nH]c(=O)cc1-c1cc(Cl)ccc1N(N)/C=C(\N)Cl. The molecular weight excluding hydrogens is 327 g/mol. The number of nitrogens with two attached hydrogens (primary N) is 2. The van der Waals surface area contributed by atoms with Gasteiger partial charge in [-0.05, 0) is 18.2 Å². The number of hydrazine groups is 1. The Labute approximate surface area is 136 Å². The van der Waals surface area contributed by atoms with E-state index < -0.39 is 0 Å². The van der Waals surface area contributed by atoms with Crippen LogP contribution in [-0.2, 0) is 0 Å². The second kappa shape index (κ2) is 6.74. The number of hydrogen-bond acceptors (Lipinski definition) is 5. The van der Waals surface area contributed by atoms with Crippen LogP contribution < -0.4 is 26.9 Å². The summed E-state index contributed by atoms with van der Waals surface area (Å²) in [6.45, 7) is 0. The van der Waals surface area contributed by atoms with E-state index in [1.54, 1.807) is 18.2 Å². The number of H-pyrrole nitrogens is 1. The third kappa shape index (κ3) is 3.54. The van der Waals surface area contributed by atoms with Crippen molar-refractivity contribution < 1.29 is 4.74 Å². The largest absolute Gasteiger partial charge is 0.495 e. The number of anilines is 1. The molecule has 0 bridgehead atoms. The Balaban J connectivity index is 2.69. The van der Waals surface area contributed by atoms with E-state index in [4.69, 9.17) is 39.5 Å². The first kappa shape index (κ1) is 16.2. The lowest BCUT2D eigenvalue weighted by atomic mass is 10.0. The maximum atomic E-state index is 11.6. The number of aromatic amines is 1. The van der Waals surface area contributed by atoms with Crippen molar-refractivity contribution >= 4 is 28.9 Å². The van der Waals surface area contributed by atoms with E-state index >= 15 is 0 Å². The normalized spacial score (nSPS) is 11.4. The number of methoxy groups -OCH3 is 1. The summed E-state index contributed by atoms with van der Waals surface area (Å²) in [5.41, 5.74) is 6.85. The molecule has 0 saturated heterocycles. The van der Waals surface area contributed by atoms with Gasteiger partial charge in [-0.25, -0.2) is 5.84 Å². The van der Waals surface area contributed by atoms with Gasteiger partial charge in [0.25, 0.3) is 0 Å². The maximum Gasteiger partial charge on any atom is 0.248 e. The number of pyridine rings is 1. The van der Waals surface area contributed by atoms with E-state index in [2.05, 4.69) is 4.98 Å². The van der Waals surface area contributed by atoms with Crippen molar-refractivity contribution in [3.05, 3.63) is 57.2 Å². The quantitative estimate of drug-likeness (QED) is 0.451. The molecule has 2 aromatic rings. The third-order valence-electron chi connectivity index (χ3n) is 2.90. The summed E-state index contributed by atoms with van der Waals surface area (Å²) in [5.74, 6) is 6.41. The van der Waals surface area contributed by atoms with Crippen molar-refractivity contribution in [2.45, 2.75) is 0 Å². The highest BCUT2D eigenvalue weighted by Gasteiger charge is 2.14. The summed E-state index contributed by atoms with van der Waals surface area (Å²) in [6, 6.07) is 6.43. The minimum absolute atomic E-state index is 0.0151. The lowest BCUT2D eigenvalue weighted by Crippen LogP contribution is -2.26. The van der Waals surface area contributed by atoms with Crippen LogP contribution in [0.25, 0.3) is 11.1 Å². The van der Waals surface area contributed by atoms with Gasteiger partial charge in [-0.1, -0.05) is 23.2 Å². The third-order valence-corrected chi connectivity index (χ3v) is 3.23. The molecule has 0 aliphatic heterocycles. The van der Waals surface area contributed by atoms with Crippen molar-refractivity contribution in [2.24, 2.45) is 11.6 Å². The van der Waals surface area contributed by atoms with Crippen molar-refractivity contribution in [1.29, 1.82) is 0 Å². The van der Waals surface area contributed by atoms with Gasteiger partial charge in [0.15, 0.2) is 0 Å². The summed E-state index contributed by atoms with van der Waals surface area (Å²) in [7, 11) is 1.50. The van der Waals surface area contributed by atoms with Crippen LogP contribution in [0, 0.1) is 0 Å². The smallest absolute Gasteiger partial charge is 0.248 e. The van der Waals surface area contributed by atoms with E-state index in [-0.39, 0.29) is 10.7 Å². The summed E-state index contributed by atoms with van der Waals surface area (Å²) < 4.78 is 5.27. The molecule has 0 aliphatic carbocycles. The average Bonchev–Trinajstić information content (AvgIpc) is 2.46. The lowest BCUT2D eigenvalue weighted by molar-refractivity contribution is 0.414. The van der Waals surface area contributed by atoms with Crippen molar-refractivity contribution in [3.63, 3.8) is 0 Å². The Bertz CT molecular complexity index is 770. The summed E-state index contributed by atoms with van der Waals surface area (Å²) in [5, 5.41) is 1.74. The second-order valence-corrected chi connectivity index (χ2v) is 5.23. The molecule has 6 nitrogen and oxygen atoms in total. The number of hydrogen-bond donors (Lipinski definition) is 3. The summed E-state index contributed by atoms with van der Waals surface area (Å²) in [6.07, 6.45) is 2.81. The number of nitrogens with one attached hydrogen (secondary N) is 1. The predicted octanol–water partition coefficient (Wildman–Crippen LogP) is 2.38. The molecule has 1 aromatic heterocycles. The summed E-state index contributed by atoms with van der Waals surface area (Å²) in [4.78, 5) is 14.2. The van der Waals surface area contributed by atoms with E-state index in [0.29, 0.717) is 27.6 Å². The zero-order valence-corrected chi connectivity index (χ0v) is 13.2. The van der Waals surface area contributed by atoms with E-state index in [9.17, 15) is 4.79 Å². The maximum absolute atomic E-state index is 11.6. The minimum atomic E-state index is -0.280. The van der Waals surface area contributed by atoms with Crippen LogP contribution in [0.4, 0.5) is 5.69 Å². The van der Waals surface area contributed by atoms with Gasteiger partial charge in [0, 0.05) is 28.4 Å². The number of halogens is 2. The molecule has 8 heteroatoms. The number of ether oxygens (including phenoxy) is 1. The van der Waals surface area contributed by atoms with Gasteiger partial charge < -0.3 is 15.5 Å². The van der Waals surface area contributed by atoms with Crippen LogP contribution in [0.5, 0.6) is 5.75 Å². The molecule has 116 valence electrons. The van der Waals surface area contributed by atoms with Gasteiger partial charge in [-0.3, -0.25) is 9.80 Å². The van der Waals surface area contributed by atoms with E-state index in [1.807, 2.05) is 0 Å². The Morgan fingerprint density at radius 3 is 2.73 bits per heavy atom. The first-order chi connectivity index (χ1) is 10.4. The van der Waals surface area contributed by atoms with Gasteiger partial charge in [-0.15, -0.1) is 0 Å². The first-order valence-corrected chi connectivity index (χ1v) is 6.91. The first-order valence-electron chi connectivity index (χ1n) is 6.15. The molecule has 2 rings (SSSR count). The fourth-order valence-electron chi connectivity index (χ4n) is 1.99. The van der Waals surface area contributed by atoms with Crippen LogP contribution in [0.1, 0.15) is 0 Å². The topological polar surface area (TPSA) is 97.4 Å². The lowest BCUT2D eigenvalue weighted by Gasteiger charge is -2.19. The molecule has 0 amide bonds. The van der Waals surface area contributed by atoms with Crippen LogP contribution in [-0.4, -0.2) is 12.1 Å². The molecule has 0 atom stereocenters. The van der Waals surface area contributed by atoms with Crippen molar-refractivity contribution in [2.75, 3.05) is 12.1 Å². The molecule has 1 heterocycles. The monoisotopic (exact) mass is 340 g/mol. The van der Waals surface area contributed by atoms with Crippen molar-refractivity contribution in [3.8, 4) is 16.9 Å². The van der Waals surface area contributed by atoms with Crippen LogP contribution in [0.15, 0.2) is 46.6 Å². The highest BCUT2D eigenvalue weighted by Crippen LogP contribution is 2.36. The Morgan fingerprint density at radius 1 is 1.36 bits per heavy atom. The molecule has 5 N–H and O–H groups in total. The number of nitrogens with zero attached hydrogens (tertiary/aromatic N) is 1. The second-order valence-electron chi connectivity index (χ2n) is 4.36. The Hall–Kier alpha value is -2.15. The predicted molar refractivity (Wildman–Crippen MR) is 88.9 cm³/mol. The van der Waals surface area contributed by atoms with Gasteiger partial charge in [0.05, 0.1) is 19.0 Å². The molecule has 0 radical (unpaired) electrons. The van der Waals surface area contributed by atoms with E-state index in [1.165, 1.54) is 30.6 Å². The molecule has 0 unspecified atom stereocenters. The molecular formula is C14H14Cl2N4O2. The number of benzene rings is 1. The van der Waals surface area contributed by atoms with E-state index in [0.717, 1.165) is 0 Å². The number of rotatable bonds is 4. The van der Waals surface area contributed by atoms with Gasteiger partial charge in [-0.2, -0.15) is 0 Å². The molecule has 0 spiro atoms. The van der Waals surface area contributed by atoms with Gasteiger partial charge in [0.1, 0.15) is 10.9 Å². The van der Waals surface area contributed by atoms with Crippen molar-refractivity contribution in [1.82, 2.24) is 4.98 Å². The standard InChI is InChI=1S/C14H14Cl2N4O2/c1-22-12-6-19-14(21)5-10(12)9-4-8(15)2-3-11(9)20(18)7-13(16)17/h2-7H,17-18H2,1H3,(H,19,21)/b13-7-. The molecule has 1 aromatic carbocycles. The van der Waals surface area contributed by atoms with Crippen LogP contribution in [0.3, 0.4) is 0 Å². The Morgan fingerprint density at radius 2 is 2.09 bits per heavy atom. The highest BCUT2D eigenvalue weighted by molar-refractivity contribution is 6.31. The summed E-state index contributed by atoms with van der Waals surface area (Å²) >= 11 is 11.7. The van der Waals surface area contributed by atoms with Crippen LogP contribution >= 0.6 is 23.2 Å². The zero-order valence-electron chi connectivity index (χ0n) is 11.6. The molecule has 22 heavy (non-hydrogen) atoms. The fourth-order valence-corrected chi connectivity index (χ4v) is 2.27. The minimum Gasteiger partial charge on any atom is -0.495 e.